The molecular formula is C20H27N5O3. The standard InChI is InChI=1S/C20H27N5O3/c1-15-21-18(23(2)3)13-19(22-15)24-8-10-25(11-9-24)20(26)14-28-17-7-5-6-16(12-17)27-4/h5-7,12-13H,8-11,14H2,1-4H3. The summed E-state index contributed by atoms with van der Waals surface area (Å²) < 4.78 is 10.8. The third-order valence-electron chi connectivity index (χ3n) is 4.63. The quantitative estimate of drug-likeness (QED) is 0.748. The molecule has 28 heavy (non-hydrogen) atoms. The molecule has 2 heterocycles. The van der Waals surface area contributed by atoms with E-state index in [1.807, 2.05) is 55.1 Å². The second-order valence-corrected chi connectivity index (χ2v) is 6.86. The molecule has 150 valence electrons. The average molecular weight is 385 g/mol. The molecule has 0 unspecified atom stereocenters. The van der Waals surface area contributed by atoms with E-state index in [2.05, 4.69) is 14.9 Å². The summed E-state index contributed by atoms with van der Waals surface area (Å²) >= 11 is 0. The highest BCUT2D eigenvalue weighted by molar-refractivity contribution is 5.78. The normalized spacial score (nSPS) is 14.0. The molecule has 1 fully saturated rings. The first kappa shape index (κ1) is 19.7. The van der Waals surface area contributed by atoms with Crippen molar-refractivity contribution in [1.82, 2.24) is 14.9 Å². The molecule has 1 amide bonds. The zero-order valence-corrected chi connectivity index (χ0v) is 16.9. The summed E-state index contributed by atoms with van der Waals surface area (Å²) in [7, 11) is 5.53. The number of amides is 1. The van der Waals surface area contributed by atoms with Gasteiger partial charge in [0.15, 0.2) is 6.61 Å². The molecule has 8 nitrogen and oxygen atoms in total. The van der Waals surface area contributed by atoms with E-state index < -0.39 is 0 Å². The summed E-state index contributed by atoms with van der Waals surface area (Å²) in [5.41, 5.74) is 0. The van der Waals surface area contributed by atoms with Gasteiger partial charge in [0.05, 0.1) is 7.11 Å². The monoisotopic (exact) mass is 385 g/mol. The van der Waals surface area contributed by atoms with Crippen LogP contribution in [-0.2, 0) is 4.79 Å². The largest absolute Gasteiger partial charge is 0.497 e. The highest BCUT2D eigenvalue weighted by Crippen LogP contribution is 2.20. The zero-order valence-electron chi connectivity index (χ0n) is 16.9. The van der Waals surface area contributed by atoms with E-state index in [1.54, 1.807) is 13.2 Å². The minimum absolute atomic E-state index is 0.0182. The maximum Gasteiger partial charge on any atom is 0.260 e. The van der Waals surface area contributed by atoms with Crippen molar-refractivity contribution in [2.75, 3.05) is 63.8 Å². The van der Waals surface area contributed by atoms with E-state index in [0.29, 0.717) is 24.6 Å². The van der Waals surface area contributed by atoms with Gasteiger partial charge in [0.2, 0.25) is 0 Å². The fourth-order valence-corrected chi connectivity index (χ4v) is 3.04. The van der Waals surface area contributed by atoms with Gasteiger partial charge < -0.3 is 24.2 Å². The first-order valence-electron chi connectivity index (χ1n) is 9.29. The number of nitrogens with zero attached hydrogens (tertiary/aromatic N) is 5. The molecule has 0 N–H and O–H groups in total. The predicted octanol–water partition coefficient (Wildman–Crippen LogP) is 1.59. The van der Waals surface area contributed by atoms with E-state index in [-0.39, 0.29) is 12.5 Å². The number of methoxy groups -OCH3 is 1. The maximum atomic E-state index is 12.5. The summed E-state index contributed by atoms with van der Waals surface area (Å²) in [6, 6.07) is 9.24. The number of hydrogen-bond donors (Lipinski definition) is 0. The van der Waals surface area contributed by atoms with Crippen LogP contribution in [0.15, 0.2) is 30.3 Å². The van der Waals surface area contributed by atoms with Crippen LogP contribution in [0.1, 0.15) is 5.82 Å². The Kier molecular flexibility index (Phi) is 6.18. The minimum atomic E-state index is -0.0182. The highest BCUT2D eigenvalue weighted by atomic mass is 16.5. The van der Waals surface area contributed by atoms with Crippen LogP contribution in [0.4, 0.5) is 11.6 Å². The molecule has 0 atom stereocenters. The first-order chi connectivity index (χ1) is 13.5. The lowest BCUT2D eigenvalue weighted by molar-refractivity contribution is -0.133. The number of anilines is 2. The van der Waals surface area contributed by atoms with Crippen LogP contribution < -0.4 is 19.3 Å². The lowest BCUT2D eigenvalue weighted by atomic mass is 10.3. The smallest absolute Gasteiger partial charge is 0.260 e. The van der Waals surface area contributed by atoms with Gasteiger partial charge in [-0.15, -0.1) is 0 Å². The lowest BCUT2D eigenvalue weighted by Crippen LogP contribution is -2.50. The van der Waals surface area contributed by atoms with Crippen molar-refractivity contribution in [3.63, 3.8) is 0 Å². The molecule has 1 aromatic heterocycles. The van der Waals surface area contributed by atoms with Gasteiger partial charge >= 0.3 is 0 Å². The molecule has 8 heteroatoms. The van der Waals surface area contributed by atoms with Crippen molar-refractivity contribution in [3.8, 4) is 11.5 Å². The molecule has 0 aliphatic carbocycles. The summed E-state index contributed by atoms with van der Waals surface area (Å²) in [6.07, 6.45) is 0. The Morgan fingerprint density at radius 3 is 2.50 bits per heavy atom. The lowest BCUT2D eigenvalue weighted by Gasteiger charge is -2.35. The van der Waals surface area contributed by atoms with E-state index >= 15 is 0 Å². The summed E-state index contributed by atoms with van der Waals surface area (Å²) in [5, 5.41) is 0. The number of carbonyl (C=O) groups is 1. The van der Waals surface area contributed by atoms with Crippen LogP contribution in [0.2, 0.25) is 0 Å². The SMILES string of the molecule is COc1cccc(OCC(=O)N2CCN(c3cc(N(C)C)nc(C)n3)CC2)c1. The number of ether oxygens (including phenoxy) is 2. The maximum absolute atomic E-state index is 12.5. The molecule has 0 bridgehead atoms. The molecule has 0 spiro atoms. The van der Waals surface area contributed by atoms with Crippen LogP contribution in [0.25, 0.3) is 0 Å². The Balaban J connectivity index is 1.54. The van der Waals surface area contributed by atoms with E-state index in [0.717, 1.165) is 30.5 Å². The Morgan fingerprint density at radius 2 is 1.82 bits per heavy atom. The van der Waals surface area contributed by atoms with Gasteiger partial charge in [-0.1, -0.05) is 6.07 Å². The van der Waals surface area contributed by atoms with Crippen LogP contribution in [0, 0.1) is 6.92 Å². The number of piperazine rings is 1. The van der Waals surface area contributed by atoms with Crippen LogP contribution >= 0.6 is 0 Å². The highest BCUT2D eigenvalue weighted by Gasteiger charge is 2.23. The second kappa shape index (κ2) is 8.77. The third-order valence-corrected chi connectivity index (χ3v) is 4.63. The molecule has 1 aromatic carbocycles. The van der Waals surface area contributed by atoms with Gasteiger partial charge in [0.1, 0.15) is 29.0 Å². The van der Waals surface area contributed by atoms with Gasteiger partial charge in [0, 0.05) is 52.4 Å². The van der Waals surface area contributed by atoms with Crippen molar-refractivity contribution in [3.05, 3.63) is 36.2 Å². The molecule has 3 rings (SSSR count). The number of benzene rings is 1. The van der Waals surface area contributed by atoms with Crippen LogP contribution in [0.5, 0.6) is 11.5 Å². The average Bonchev–Trinajstić information content (AvgIpc) is 2.71. The Bertz CT molecular complexity index is 819. The third kappa shape index (κ3) is 4.82. The number of hydrogen-bond acceptors (Lipinski definition) is 7. The number of aryl methyl sites for hydroxylation is 1. The number of aromatic nitrogens is 2. The fraction of sp³-hybridized carbons (Fsp3) is 0.450. The van der Waals surface area contributed by atoms with Crippen LogP contribution in [0.3, 0.4) is 0 Å². The van der Waals surface area contributed by atoms with Crippen molar-refractivity contribution in [2.45, 2.75) is 6.92 Å². The molecular weight excluding hydrogens is 358 g/mol. The molecule has 1 aliphatic rings. The summed E-state index contributed by atoms with van der Waals surface area (Å²) in [5.74, 6) is 3.83. The van der Waals surface area contributed by atoms with Gasteiger partial charge in [-0.25, -0.2) is 9.97 Å². The van der Waals surface area contributed by atoms with Crippen molar-refractivity contribution < 1.29 is 14.3 Å². The van der Waals surface area contributed by atoms with Crippen molar-refractivity contribution in [2.24, 2.45) is 0 Å². The van der Waals surface area contributed by atoms with E-state index in [4.69, 9.17) is 9.47 Å². The predicted molar refractivity (Wildman–Crippen MR) is 108 cm³/mol. The molecule has 0 radical (unpaired) electrons. The van der Waals surface area contributed by atoms with E-state index in [9.17, 15) is 4.79 Å². The molecule has 0 saturated carbocycles. The van der Waals surface area contributed by atoms with Gasteiger partial charge in [-0.05, 0) is 19.1 Å². The second-order valence-electron chi connectivity index (χ2n) is 6.86. The number of carbonyl (C=O) groups excluding carboxylic acids is 1. The number of rotatable bonds is 6. The van der Waals surface area contributed by atoms with Crippen molar-refractivity contribution >= 4 is 17.5 Å². The van der Waals surface area contributed by atoms with Gasteiger partial charge in [0.25, 0.3) is 5.91 Å². The Hall–Kier alpha value is -3.03. The van der Waals surface area contributed by atoms with Gasteiger partial charge in [-0.2, -0.15) is 0 Å². The zero-order chi connectivity index (χ0) is 20.1. The first-order valence-corrected chi connectivity index (χ1v) is 9.29. The minimum Gasteiger partial charge on any atom is -0.497 e. The Labute approximate surface area is 165 Å². The van der Waals surface area contributed by atoms with Crippen LogP contribution in [-0.4, -0.2) is 74.8 Å². The summed E-state index contributed by atoms with van der Waals surface area (Å²) in [4.78, 5) is 27.5. The molecule has 1 aliphatic heterocycles. The Morgan fingerprint density at radius 1 is 1.11 bits per heavy atom. The summed E-state index contributed by atoms with van der Waals surface area (Å²) in [6.45, 7) is 4.65. The van der Waals surface area contributed by atoms with E-state index in [1.165, 1.54) is 0 Å². The molecule has 1 saturated heterocycles. The van der Waals surface area contributed by atoms with Gasteiger partial charge in [-0.3, -0.25) is 4.79 Å². The topological polar surface area (TPSA) is 71.0 Å². The fourth-order valence-electron chi connectivity index (χ4n) is 3.04. The van der Waals surface area contributed by atoms with Crippen molar-refractivity contribution in [1.29, 1.82) is 0 Å². The molecule has 2 aromatic rings.